The maximum atomic E-state index is 13.8. The number of rotatable bonds is 12. The minimum Gasteiger partial charge on any atom is -0.308 e. The molecule has 0 aromatic heterocycles. The van der Waals surface area contributed by atoms with Gasteiger partial charge in [-0.2, -0.15) is 35.1 Å². The van der Waals surface area contributed by atoms with Gasteiger partial charge in [0.2, 0.25) is 0 Å². The molecule has 0 aliphatic heterocycles. The van der Waals surface area contributed by atoms with E-state index >= 15 is 0 Å². The SMILES string of the molecule is CCCCCCC1CCC(C2=CCC(OC(F)(F)C(F)(F)C(F)(F)C(F)(F)CF)C=C2)CC1. The number of hydrogen-bond acceptors (Lipinski definition) is 1. The van der Waals surface area contributed by atoms with Gasteiger partial charge >= 0.3 is 23.9 Å². The molecule has 0 radical (unpaired) electrons. The number of ether oxygens (including phenoxy) is 1. The molecule has 10 heteroatoms. The summed E-state index contributed by atoms with van der Waals surface area (Å²) in [5.41, 5.74) is 0.837. The zero-order valence-corrected chi connectivity index (χ0v) is 18.6. The quantitative estimate of drug-likeness (QED) is 0.195. The van der Waals surface area contributed by atoms with E-state index in [9.17, 15) is 39.5 Å². The van der Waals surface area contributed by atoms with Crippen LogP contribution in [0.1, 0.15) is 71.1 Å². The summed E-state index contributed by atoms with van der Waals surface area (Å²) in [6.45, 7) is -1.07. The molecule has 2 rings (SSSR count). The molecule has 0 spiro atoms. The molecular formula is C23H31F9O. The van der Waals surface area contributed by atoms with E-state index in [4.69, 9.17) is 0 Å². The van der Waals surface area contributed by atoms with E-state index in [2.05, 4.69) is 11.7 Å². The second-order valence-electron chi connectivity index (χ2n) is 9.03. The van der Waals surface area contributed by atoms with Gasteiger partial charge < -0.3 is 4.74 Å². The van der Waals surface area contributed by atoms with Crippen molar-refractivity contribution in [3.63, 3.8) is 0 Å². The van der Waals surface area contributed by atoms with Crippen molar-refractivity contribution in [2.45, 2.75) is 101 Å². The van der Waals surface area contributed by atoms with Crippen LogP contribution in [-0.4, -0.2) is 36.7 Å². The van der Waals surface area contributed by atoms with Crippen molar-refractivity contribution in [3.8, 4) is 0 Å². The number of allylic oxidation sites excluding steroid dienone is 2. The first kappa shape index (κ1) is 28.1. The van der Waals surface area contributed by atoms with Gasteiger partial charge in [0.15, 0.2) is 6.67 Å². The number of alkyl halides is 9. The Hall–Kier alpha value is -1.19. The Balaban J connectivity index is 1.90. The van der Waals surface area contributed by atoms with Crippen molar-refractivity contribution in [3.05, 3.63) is 23.8 Å². The lowest BCUT2D eigenvalue weighted by Gasteiger charge is -2.36. The molecule has 33 heavy (non-hydrogen) atoms. The van der Waals surface area contributed by atoms with Gasteiger partial charge in [-0.3, -0.25) is 0 Å². The average molecular weight is 494 g/mol. The van der Waals surface area contributed by atoms with Crippen LogP contribution in [-0.2, 0) is 4.74 Å². The maximum absolute atomic E-state index is 13.8. The van der Waals surface area contributed by atoms with Gasteiger partial charge in [0.25, 0.3) is 0 Å². The predicted molar refractivity (Wildman–Crippen MR) is 107 cm³/mol. The van der Waals surface area contributed by atoms with Crippen molar-refractivity contribution >= 4 is 0 Å². The Morgan fingerprint density at radius 3 is 2.03 bits per heavy atom. The Bertz CT molecular complexity index is 679. The van der Waals surface area contributed by atoms with Crippen LogP contribution in [0.3, 0.4) is 0 Å². The fourth-order valence-corrected chi connectivity index (χ4v) is 4.41. The summed E-state index contributed by atoms with van der Waals surface area (Å²) in [5.74, 6) is -18.4. The predicted octanol–water partition coefficient (Wildman–Crippen LogP) is 8.50. The molecule has 1 nitrogen and oxygen atoms in total. The van der Waals surface area contributed by atoms with Crippen LogP contribution < -0.4 is 0 Å². The lowest BCUT2D eigenvalue weighted by atomic mass is 9.76. The molecule has 0 saturated heterocycles. The minimum atomic E-state index is -6.65. The first-order chi connectivity index (χ1) is 15.3. The number of halogens is 9. The van der Waals surface area contributed by atoms with Crippen LogP contribution in [0.15, 0.2) is 23.8 Å². The van der Waals surface area contributed by atoms with Crippen molar-refractivity contribution < 1.29 is 44.3 Å². The molecule has 0 aromatic carbocycles. The third-order valence-corrected chi connectivity index (χ3v) is 6.56. The largest absolute Gasteiger partial charge is 0.426 e. The molecule has 0 N–H and O–H groups in total. The van der Waals surface area contributed by atoms with E-state index in [0.717, 1.165) is 37.3 Å². The highest BCUT2D eigenvalue weighted by atomic mass is 19.4. The Morgan fingerprint density at radius 1 is 0.879 bits per heavy atom. The van der Waals surface area contributed by atoms with Crippen molar-refractivity contribution in [2.24, 2.45) is 11.8 Å². The lowest BCUT2D eigenvalue weighted by Crippen LogP contribution is -2.64. The van der Waals surface area contributed by atoms with Gasteiger partial charge in [-0.25, -0.2) is 4.39 Å². The molecule has 1 unspecified atom stereocenters. The van der Waals surface area contributed by atoms with E-state index in [1.54, 1.807) is 0 Å². The monoisotopic (exact) mass is 494 g/mol. The van der Waals surface area contributed by atoms with Gasteiger partial charge in [0.05, 0.1) is 6.10 Å². The van der Waals surface area contributed by atoms with Crippen LogP contribution >= 0.6 is 0 Å². The van der Waals surface area contributed by atoms with E-state index in [1.165, 1.54) is 44.3 Å². The van der Waals surface area contributed by atoms with E-state index in [1.807, 2.05) is 0 Å². The molecule has 1 fully saturated rings. The topological polar surface area (TPSA) is 9.23 Å². The van der Waals surface area contributed by atoms with E-state index in [0.29, 0.717) is 5.92 Å². The Labute approximate surface area is 188 Å². The highest BCUT2D eigenvalue weighted by Gasteiger charge is 2.81. The van der Waals surface area contributed by atoms with Crippen molar-refractivity contribution in [2.75, 3.05) is 6.67 Å². The smallest absolute Gasteiger partial charge is 0.308 e. The number of unbranched alkanes of at least 4 members (excludes halogenated alkanes) is 3. The second-order valence-corrected chi connectivity index (χ2v) is 9.03. The lowest BCUT2D eigenvalue weighted by molar-refractivity contribution is -0.432. The summed E-state index contributed by atoms with van der Waals surface area (Å²) in [6.07, 6.45) is 5.91. The second kappa shape index (κ2) is 11.0. The molecule has 0 heterocycles. The van der Waals surface area contributed by atoms with Crippen molar-refractivity contribution in [1.29, 1.82) is 0 Å². The summed E-state index contributed by atoms with van der Waals surface area (Å²) in [4.78, 5) is 0. The third-order valence-electron chi connectivity index (χ3n) is 6.56. The highest BCUT2D eigenvalue weighted by molar-refractivity contribution is 5.27. The summed E-state index contributed by atoms with van der Waals surface area (Å²) in [6, 6.07) is 0. The van der Waals surface area contributed by atoms with E-state index in [-0.39, 0.29) is 12.3 Å². The van der Waals surface area contributed by atoms with Gasteiger partial charge in [0.1, 0.15) is 0 Å². The Kier molecular flexibility index (Phi) is 9.38. The van der Waals surface area contributed by atoms with Gasteiger partial charge in [-0.15, -0.1) is 0 Å². The summed E-state index contributed by atoms with van der Waals surface area (Å²) in [7, 11) is 0. The molecule has 0 aromatic rings. The molecule has 0 amide bonds. The van der Waals surface area contributed by atoms with Crippen LogP contribution in [0, 0.1) is 11.8 Å². The normalized spacial score (nSPS) is 25.3. The fraction of sp³-hybridized carbons (Fsp3) is 0.826. The number of hydrogen-bond donors (Lipinski definition) is 0. The highest BCUT2D eigenvalue weighted by Crippen LogP contribution is 2.53. The van der Waals surface area contributed by atoms with Crippen molar-refractivity contribution in [1.82, 2.24) is 0 Å². The van der Waals surface area contributed by atoms with E-state index < -0.39 is 36.7 Å². The standard InChI is InChI=1S/C23H31F9O/c1-2-3-4-5-6-16-7-9-17(10-8-16)18-11-13-19(14-12-18)33-23(31,32)22(29,30)21(27,28)20(25,26)15-24/h11-13,16-17,19H,2-10,14-15H2,1H3. The van der Waals surface area contributed by atoms with Crippen LogP contribution in [0.4, 0.5) is 39.5 Å². The first-order valence-electron chi connectivity index (χ1n) is 11.4. The average Bonchev–Trinajstić information content (AvgIpc) is 2.77. The molecule has 1 atom stereocenters. The Morgan fingerprint density at radius 2 is 1.52 bits per heavy atom. The molecule has 192 valence electrons. The van der Waals surface area contributed by atoms with Crippen LogP contribution in [0.5, 0.6) is 0 Å². The van der Waals surface area contributed by atoms with Crippen LogP contribution in [0.2, 0.25) is 0 Å². The fourth-order valence-electron chi connectivity index (χ4n) is 4.41. The zero-order chi connectivity index (χ0) is 24.9. The summed E-state index contributed by atoms with van der Waals surface area (Å²) >= 11 is 0. The molecule has 2 aliphatic rings. The third kappa shape index (κ3) is 6.28. The summed E-state index contributed by atoms with van der Waals surface area (Å²) < 4.78 is 123. The van der Waals surface area contributed by atoms with Crippen LogP contribution in [0.25, 0.3) is 0 Å². The summed E-state index contributed by atoms with van der Waals surface area (Å²) in [5, 5.41) is 0. The zero-order valence-electron chi connectivity index (χ0n) is 18.6. The molecule has 2 aliphatic carbocycles. The molecule has 0 bridgehead atoms. The van der Waals surface area contributed by atoms with Gasteiger partial charge in [-0.1, -0.05) is 57.3 Å². The minimum absolute atomic E-state index is 0.184. The van der Waals surface area contributed by atoms with Gasteiger partial charge in [-0.05, 0) is 49.5 Å². The molecular weight excluding hydrogens is 463 g/mol. The van der Waals surface area contributed by atoms with Gasteiger partial charge in [0, 0.05) is 0 Å². The maximum Gasteiger partial charge on any atom is 0.426 e. The molecule has 1 saturated carbocycles. The first-order valence-corrected chi connectivity index (χ1v) is 11.4.